The molecule has 0 spiro atoms. The molecule has 1 N–H and O–H groups in total. The Morgan fingerprint density at radius 1 is 1.04 bits per heavy atom. The molecule has 1 heterocycles. The van der Waals surface area contributed by atoms with Crippen LogP contribution in [0.15, 0.2) is 6.20 Å². The zero-order valence-corrected chi connectivity index (χ0v) is 17.0. The summed E-state index contributed by atoms with van der Waals surface area (Å²) in [5.41, 5.74) is 0.843. The Morgan fingerprint density at radius 2 is 1.72 bits per heavy atom. The van der Waals surface area contributed by atoms with E-state index in [4.69, 9.17) is 14.2 Å². The SMILES string of the molecule is CC.CC(C)CNCCOCCOCCn1cc(COC(C)C)nn1. The average molecular weight is 359 g/mol. The molecule has 0 amide bonds. The Morgan fingerprint density at radius 3 is 2.36 bits per heavy atom. The lowest BCUT2D eigenvalue weighted by Gasteiger charge is -2.08. The summed E-state index contributed by atoms with van der Waals surface area (Å²) in [6.45, 7) is 18.0. The van der Waals surface area contributed by atoms with Crippen molar-refractivity contribution in [3.63, 3.8) is 0 Å². The molecule has 0 aromatic carbocycles. The van der Waals surface area contributed by atoms with E-state index in [1.807, 2.05) is 33.9 Å². The molecule has 0 aliphatic carbocycles. The van der Waals surface area contributed by atoms with Gasteiger partial charge in [-0.25, -0.2) is 4.68 Å². The summed E-state index contributed by atoms with van der Waals surface area (Å²) in [4.78, 5) is 0. The third-order valence-corrected chi connectivity index (χ3v) is 2.96. The Labute approximate surface area is 153 Å². The third-order valence-electron chi connectivity index (χ3n) is 2.96. The highest BCUT2D eigenvalue weighted by atomic mass is 16.5. The van der Waals surface area contributed by atoms with Crippen molar-refractivity contribution in [2.75, 3.05) is 39.5 Å². The molecule has 0 bridgehead atoms. The maximum absolute atomic E-state index is 5.52. The van der Waals surface area contributed by atoms with Gasteiger partial charge < -0.3 is 19.5 Å². The topological polar surface area (TPSA) is 70.4 Å². The highest BCUT2D eigenvalue weighted by Gasteiger charge is 2.02. The maximum Gasteiger partial charge on any atom is 0.108 e. The minimum Gasteiger partial charge on any atom is -0.378 e. The van der Waals surface area contributed by atoms with Crippen molar-refractivity contribution in [1.82, 2.24) is 20.3 Å². The lowest BCUT2D eigenvalue weighted by atomic mass is 10.2. The second-order valence-corrected chi connectivity index (χ2v) is 6.16. The van der Waals surface area contributed by atoms with E-state index in [2.05, 4.69) is 29.5 Å². The largest absolute Gasteiger partial charge is 0.378 e. The molecule has 0 fully saturated rings. The first-order valence-corrected chi connectivity index (χ1v) is 9.44. The van der Waals surface area contributed by atoms with Gasteiger partial charge in [0, 0.05) is 6.54 Å². The second-order valence-electron chi connectivity index (χ2n) is 6.16. The van der Waals surface area contributed by atoms with Gasteiger partial charge in [0.2, 0.25) is 0 Å². The molecular weight excluding hydrogens is 320 g/mol. The van der Waals surface area contributed by atoms with Gasteiger partial charge in [-0.3, -0.25) is 0 Å². The molecule has 148 valence electrons. The lowest BCUT2D eigenvalue weighted by molar-refractivity contribution is 0.0447. The first kappa shape index (κ1) is 24.0. The van der Waals surface area contributed by atoms with Crippen LogP contribution >= 0.6 is 0 Å². The Balaban J connectivity index is 0.00000277. The zero-order valence-electron chi connectivity index (χ0n) is 17.0. The normalized spacial score (nSPS) is 11.0. The number of ether oxygens (including phenoxy) is 3. The predicted molar refractivity (Wildman–Crippen MR) is 101 cm³/mol. The molecule has 7 nitrogen and oxygen atoms in total. The van der Waals surface area contributed by atoms with E-state index in [0.717, 1.165) is 25.4 Å². The molecular formula is C18H38N4O3. The molecule has 0 saturated carbocycles. The van der Waals surface area contributed by atoms with Crippen LogP contribution in [-0.2, 0) is 27.4 Å². The van der Waals surface area contributed by atoms with Crippen LogP contribution in [0.5, 0.6) is 0 Å². The molecule has 0 aliphatic rings. The first-order valence-electron chi connectivity index (χ1n) is 9.44. The molecule has 0 aliphatic heterocycles. The van der Waals surface area contributed by atoms with Gasteiger partial charge in [-0.05, 0) is 26.3 Å². The van der Waals surface area contributed by atoms with E-state index in [1.165, 1.54) is 0 Å². The van der Waals surface area contributed by atoms with Crippen LogP contribution in [0, 0.1) is 5.92 Å². The molecule has 7 heteroatoms. The van der Waals surface area contributed by atoms with Crippen molar-refractivity contribution in [2.45, 2.75) is 60.8 Å². The highest BCUT2D eigenvalue weighted by Crippen LogP contribution is 1.99. The molecule has 0 unspecified atom stereocenters. The van der Waals surface area contributed by atoms with Gasteiger partial charge in [-0.1, -0.05) is 32.9 Å². The van der Waals surface area contributed by atoms with Crippen LogP contribution in [0.25, 0.3) is 0 Å². The summed E-state index contributed by atoms with van der Waals surface area (Å²) >= 11 is 0. The number of aromatic nitrogens is 3. The van der Waals surface area contributed by atoms with E-state index in [9.17, 15) is 0 Å². The van der Waals surface area contributed by atoms with Gasteiger partial charge in [0.25, 0.3) is 0 Å². The lowest BCUT2D eigenvalue weighted by Crippen LogP contribution is -2.24. The average Bonchev–Trinajstić information content (AvgIpc) is 3.04. The van der Waals surface area contributed by atoms with E-state index in [0.29, 0.717) is 38.9 Å². The van der Waals surface area contributed by atoms with Crippen LogP contribution in [-0.4, -0.2) is 60.6 Å². The number of rotatable bonds is 14. The van der Waals surface area contributed by atoms with Crippen molar-refractivity contribution in [1.29, 1.82) is 0 Å². The second kappa shape index (κ2) is 16.4. The van der Waals surface area contributed by atoms with Gasteiger partial charge in [-0.15, -0.1) is 5.10 Å². The quantitative estimate of drug-likeness (QED) is 0.515. The molecule has 0 atom stereocenters. The minimum absolute atomic E-state index is 0.198. The third kappa shape index (κ3) is 15.0. The molecule has 0 saturated heterocycles. The Hall–Kier alpha value is -1.02. The summed E-state index contributed by atoms with van der Waals surface area (Å²) in [6.07, 6.45) is 2.09. The van der Waals surface area contributed by atoms with Gasteiger partial charge in [0.1, 0.15) is 5.69 Å². The molecule has 1 aromatic heterocycles. The zero-order chi connectivity index (χ0) is 18.9. The smallest absolute Gasteiger partial charge is 0.108 e. The number of nitrogens with one attached hydrogen (secondary N) is 1. The molecule has 0 radical (unpaired) electrons. The summed E-state index contributed by atoms with van der Waals surface area (Å²) in [5, 5.41) is 11.4. The highest BCUT2D eigenvalue weighted by molar-refractivity contribution is 4.89. The van der Waals surface area contributed by atoms with E-state index in [1.54, 1.807) is 4.68 Å². The molecule has 1 aromatic rings. The van der Waals surface area contributed by atoms with E-state index < -0.39 is 0 Å². The van der Waals surface area contributed by atoms with Crippen LogP contribution in [0.1, 0.15) is 47.2 Å². The fourth-order valence-corrected chi connectivity index (χ4v) is 1.78. The van der Waals surface area contributed by atoms with E-state index in [-0.39, 0.29) is 6.10 Å². The van der Waals surface area contributed by atoms with Crippen molar-refractivity contribution in [3.8, 4) is 0 Å². The minimum atomic E-state index is 0.198. The van der Waals surface area contributed by atoms with Gasteiger partial charge in [0.15, 0.2) is 0 Å². The van der Waals surface area contributed by atoms with Gasteiger partial charge in [-0.2, -0.15) is 0 Å². The molecule has 1 rings (SSSR count). The standard InChI is InChI=1S/C16H32N4O3.C2H6/c1-14(2)11-17-5-7-21-9-10-22-8-6-20-12-16(18-19-20)13-23-15(3)4;1-2/h12,14-15,17H,5-11,13H2,1-4H3;1-2H3. The number of hydrogen-bond donors (Lipinski definition) is 1. The fraction of sp³-hybridized carbons (Fsp3) is 0.889. The monoisotopic (exact) mass is 358 g/mol. The molecule has 25 heavy (non-hydrogen) atoms. The van der Waals surface area contributed by atoms with Crippen molar-refractivity contribution >= 4 is 0 Å². The maximum atomic E-state index is 5.52. The van der Waals surface area contributed by atoms with Crippen molar-refractivity contribution in [3.05, 3.63) is 11.9 Å². The summed E-state index contributed by atoms with van der Waals surface area (Å²) in [6, 6.07) is 0. The van der Waals surface area contributed by atoms with Crippen LogP contribution < -0.4 is 5.32 Å². The summed E-state index contributed by atoms with van der Waals surface area (Å²) in [7, 11) is 0. The summed E-state index contributed by atoms with van der Waals surface area (Å²) < 4.78 is 18.3. The van der Waals surface area contributed by atoms with Gasteiger partial charge >= 0.3 is 0 Å². The van der Waals surface area contributed by atoms with Crippen molar-refractivity contribution in [2.24, 2.45) is 5.92 Å². The van der Waals surface area contributed by atoms with Crippen LogP contribution in [0.3, 0.4) is 0 Å². The fourth-order valence-electron chi connectivity index (χ4n) is 1.78. The van der Waals surface area contributed by atoms with E-state index >= 15 is 0 Å². The van der Waals surface area contributed by atoms with Gasteiger partial charge in [0.05, 0.1) is 51.9 Å². The number of nitrogens with zero attached hydrogens (tertiary/aromatic N) is 3. The Bertz CT molecular complexity index is 397. The van der Waals surface area contributed by atoms with Crippen LogP contribution in [0.4, 0.5) is 0 Å². The first-order chi connectivity index (χ1) is 12.1. The number of hydrogen-bond acceptors (Lipinski definition) is 6. The van der Waals surface area contributed by atoms with Crippen LogP contribution in [0.2, 0.25) is 0 Å². The van der Waals surface area contributed by atoms with Crippen molar-refractivity contribution < 1.29 is 14.2 Å². The Kier molecular flexibility index (Phi) is 15.8. The summed E-state index contributed by atoms with van der Waals surface area (Å²) in [5.74, 6) is 0.674. The predicted octanol–water partition coefficient (Wildman–Crippen LogP) is 2.51.